The lowest BCUT2D eigenvalue weighted by molar-refractivity contribution is -0.386. The van der Waals surface area contributed by atoms with Crippen LogP contribution in [0.3, 0.4) is 0 Å². The molecule has 72 valence electrons. The van der Waals surface area contributed by atoms with E-state index in [1.54, 1.807) is 6.07 Å². The van der Waals surface area contributed by atoms with Crippen LogP contribution in [0.5, 0.6) is 0 Å². The summed E-state index contributed by atoms with van der Waals surface area (Å²) >= 11 is 0. The van der Waals surface area contributed by atoms with Crippen LogP contribution in [0.1, 0.15) is 12.5 Å². The second kappa shape index (κ2) is 3.48. The Morgan fingerprint density at radius 3 is 2.64 bits per heavy atom. The van der Waals surface area contributed by atoms with Crippen molar-refractivity contribution in [3.63, 3.8) is 0 Å². The van der Waals surface area contributed by atoms with E-state index in [1.165, 1.54) is 25.1 Å². The van der Waals surface area contributed by atoms with E-state index < -0.39 is 10.5 Å². The highest BCUT2D eigenvalue weighted by Crippen LogP contribution is 2.28. The lowest BCUT2D eigenvalue weighted by atomic mass is 9.95. The molecule has 0 heterocycles. The predicted molar refractivity (Wildman–Crippen MR) is 51.5 cm³/mol. The van der Waals surface area contributed by atoms with Gasteiger partial charge < -0.3 is 5.11 Å². The lowest BCUT2D eigenvalue weighted by Gasteiger charge is -2.15. The number of para-hydroxylation sites is 1. The van der Waals surface area contributed by atoms with Crippen LogP contribution >= 0.6 is 0 Å². The van der Waals surface area contributed by atoms with E-state index >= 15 is 0 Å². The molecule has 1 aromatic carbocycles. The monoisotopic (exact) mass is 191 g/mol. The summed E-state index contributed by atoms with van der Waals surface area (Å²) in [6.07, 6.45) is 5.08. The smallest absolute Gasteiger partial charge is 0.276 e. The van der Waals surface area contributed by atoms with Gasteiger partial charge in [0.15, 0.2) is 5.60 Å². The first kappa shape index (κ1) is 10.2. The summed E-state index contributed by atoms with van der Waals surface area (Å²) in [6.45, 7) is 1.34. The molecule has 1 N–H and O–H groups in total. The molecule has 0 aromatic heterocycles. The number of aliphatic hydroxyl groups is 1. The zero-order valence-corrected chi connectivity index (χ0v) is 7.60. The number of terminal acetylenes is 1. The molecule has 0 fully saturated rings. The third-order valence-electron chi connectivity index (χ3n) is 1.91. The summed E-state index contributed by atoms with van der Waals surface area (Å²) in [5, 5.41) is 20.3. The summed E-state index contributed by atoms with van der Waals surface area (Å²) in [5.74, 6) is 2.10. The summed E-state index contributed by atoms with van der Waals surface area (Å²) in [7, 11) is 0. The number of nitro benzene ring substituents is 1. The van der Waals surface area contributed by atoms with Crippen molar-refractivity contribution in [2.45, 2.75) is 12.5 Å². The van der Waals surface area contributed by atoms with Crippen molar-refractivity contribution in [2.75, 3.05) is 0 Å². The van der Waals surface area contributed by atoms with Crippen molar-refractivity contribution in [3.8, 4) is 12.3 Å². The van der Waals surface area contributed by atoms with Gasteiger partial charge in [-0.1, -0.05) is 18.1 Å². The molecule has 1 aromatic rings. The topological polar surface area (TPSA) is 63.4 Å². The minimum Gasteiger partial charge on any atom is -0.373 e. The van der Waals surface area contributed by atoms with Crippen LogP contribution < -0.4 is 0 Å². The lowest BCUT2D eigenvalue weighted by Crippen LogP contribution is -2.19. The van der Waals surface area contributed by atoms with Crippen LogP contribution in [-0.2, 0) is 5.60 Å². The number of rotatable bonds is 2. The van der Waals surface area contributed by atoms with E-state index in [-0.39, 0.29) is 11.3 Å². The molecular weight excluding hydrogens is 182 g/mol. The predicted octanol–water partition coefficient (Wildman–Crippen LogP) is 1.44. The molecule has 1 atom stereocenters. The Morgan fingerprint density at radius 1 is 1.57 bits per heavy atom. The van der Waals surface area contributed by atoms with Gasteiger partial charge in [0.25, 0.3) is 5.69 Å². The van der Waals surface area contributed by atoms with E-state index in [0.717, 1.165) is 0 Å². The van der Waals surface area contributed by atoms with Crippen LogP contribution in [0.25, 0.3) is 0 Å². The van der Waals surface area contributed by atoms with E-state index in [9.17, 15) is 15.2 Å². The molecule has 0 aliphatic heterocycles. The minimum absolute atomic E-state index is 0.132. The third-order valence-corrected chi connectivity index (χ3v) is 1.91. The number of hydrogen-bond donors (Lipinski definition) is 1. The number of hydrogen-bond acceptors (Lipinski definition) is 3. The van der Waals surface area contributed by atoms with Crippen molar-refractivity contribution in [1.82, 2.24) is 0 Å². The van der Waals surface area contributed by atoms with Crippen molar-refractivity contribution in [3.05, 3.63) is 39.9 Å². The molecular formula is C10H9NO3. The molecule has 14 heavy (non-hydrogen) atoms. The van der Waals surface area contributed by atoms with Crippen LogP contribution in [0.15, 0.2) is 24.3 Å². The van der Waals surface area contributed by atoms with E-state index in [4.69, 9.17) is 6.42 Å². The van der Waals surface area contributed by atoms with Crippen molar-refractivity contribution in [2.24, 2.45) is 0 Å². The van der Waals surface area contributed by atoms with E-state index in [1.807, 2.05) is 0 Å². The standard InChI is InChI=1S/C10H9NO3/c1-3-10(2,12)8-6-4-5-7-9(8)11(13)14/h1,4-7,12H,2H3. The van der Waals surface area contributed by atoms with Crippen molar-refractivity contribution in [1.29, 1.82) is 0 Å². The minimum atomic E-state index is -1.61. The first-order chi connectivity index (χ1) is 6.49. The van der Waals surface area contributed by atoms with Gasteiger partial charge >= 0.3 is 0 Å². The van der Waals surface area contributed by atoms with E-state index in [0.29, 0.717) is 0 Å². The van der Waals surface area contributed by atoms with Gasteiger partial charge in [0.05, 0.1) is 10.5 Å². The fourth-order valence-electron chi connectivity index (χ4n) is 1.12. The number of nitro groups is 1. The molecule has 4 nitrogen and oxygen atoms in total. The Balaban J connectivity index is 3.36. The zero-order valence-electron chi connectivity index (χ0n) is 7.60. The van der Waals surface area contributed by atoms with Crippen LogP contribution in [0.2, 0.25) is 0 Å². The van der Waals surface area contributed by atoms with Gasteiger partial charge in [-0.3, -0.25) is 10.1 Å². The molecule has 0 spiro atoms. The molecule has 0 saturated carbocycles. The van der Waals surface area contributed by atoms with Gasteiger partial charge in [0.1, 0.15) is 0 Å². The average Bonchev–Trinajstić information content (AvgIpc) is 2.18. The summed E-state index contributed by atoms with van der Waals surface area (Å²) in [6, 6.07) is 5.86. The van der Waals surface area contributed by atoms with Gasteiger partial charge in [-0.15, -0.1) is 6.42 Å². The maximum Gasteiger partial charge on any atom is 0.276 e. The second-order valence-electron chi connectivity index (χ2n) is 2.99. The molecule has 0 bridgehead atoms. The summed E-state index contributed by atoms with van der Waals surface area (Å²) in [4.78, 5) is 10.0. The SMILES string of the molecule is C#CC(C)(O)c1ccccc1[N+](=O)[O-]. The molecule has 0 saturated heterocycles. The first-order valence-corrected chi connectivity index (χ1v) is 3.93. The second-order valence-corrected chi connectivity index (χ2v) is 2.99. The van der Waals surface area contributed by atoms with Gasteiger partial charge in [-0.25, -0.2) is 0 Å². The molecule has 0 aliphatic carbocycles. The Kier molecular flexibility index (Phi) is 2.54. The molecule has 1 unspecified atom stereocenters. The van der Waals surface area contributed by atoms with Crippen LogP contribution in [0, 0.1) is 22.5 Å². The van der Waals surface area contributed by atoms with Gasteiger partial charge in [-0.05, 0) is 13.0 Å². The van der Waals surface area contributed by atoms with Crippen molar-refractivity contribution >= 4 is 5.69 Å². The zero-order chi connectivity index (χ0) is 10.8. The third kappa shape index (κ3) is 1.73. The maximum absolute atomic E-state index is 10.6. The highest BCUT2D eigenvalue weighted by molar-refractivity contribution is 5.46. The fraction of sp³-hybridized carbons (Fsp3) is 0.200. The Morgan fingerprint density at radius 2 is 2.14 bits per heavy atom. The highest BCUT2D eigenvalue weighted by atomic mass is 16.6. The highest BCUT2D eigenvalue weighted by Gasteiger charge is 2.28. The summed E-state index contributed by atoms with van der Waals surface area (Å²) < 4.78 is 0. The average molecular weight is 191 g/mol. The van der Waals surface area contributed by atoms with Gasteiger partial charge in [-0.2, -0.15) is 0 Å². The van der Waals surface area contributed by atoms with Crippen molar-refractivity contribution < 1.29 is 10.0 Å². The van der Waals surface area contributed by atoms with E-state index in [2.05, 4.69) is 5.92 Å². The number of benzene rings is 1. The molecule has 0 aliphatic rings. The van der Waals surface area contributed by atoms with Gasteiger partial charge in [0.2, 0.25) is 0 Å². The van der Waals surface area contributed by atoms with Crippen LogP contribution in [-0.4, -0.2) is 10.0 Å². The quantitative estimate of drug-likeness (QED) is 0.437. The maximum atomic E-state index is 10.6. The van der Waals surface area contributed by atoms with Gasteiger partial charge in [0, 0.05) is 6.07 Å². The first-order valence-electron chi connectivity index (χ1n) is 3.93. The molecule has 0 amide bonds. The Bertz CT molecular complexity index is 404. The largest absolute Gasteiger partial charge is 0.373 e. The molecule has 1 rings (SSSR count). The summed E-state index contributed by atoms with van der Waals surface area (Å²) in [5.41, 5.74) is -1.65. The molecule has 0 radical (unpaired) electrons. The van der Waals surface area contributed by atoms with Crippen LogP contribution in [0.4, 0.5) is 5.69 Å². The Hall–Kier alpha value is -1.86. The molecule has 4 heteroatoms. The Labute approximate surface area is 81.3 Å². The normalized spacial score (nSPS) is 14.1. The number of nitrogens with zero attached hydrogens (tertiary/aromatic N) is 1. The fourth-order valence-corrected chi connectivity index (χ4v) is 1.12.